The van der Waals surface area contributed by atoms with Crippen LogP contribution in [0.3, 0.4) is 0 Å². The first-order valence-electron chi connectivity index (χ1n) is 5.93. The summed E-state index contributed by atoms with van der Waals surface area (Å²) < 4.78 is 9.32. The fraction of sp³-hybridized carbons (Fsp3) is 0.286. The van der Waals surface area contributed by atoms with Crippen molar-refractivity contribution in [2.45, 2.75) is 13.3 Å². The van der Waals surface area contributed by atoms with Crippen molar-refractivity contribution in [3.8, 4) is 0 Å². The molecule has 5 nitrogen and oxygen atoms in total. The number of rotatable bonds is 5. The molecule has 0 aliphatic rings. The van der Waals surface area contributed by atoms with E-state index >= 15 is 0 Å². The van der Waals surface area contributed by atoms with Crippen LogP contribution in [0.15, 0.2) is 42.1 Å². The van der Waals surface area contributed by atoms with E-state index in [1.54, 1.807) is 13.0 Å². The van der Waals surface area contributed by atoms with Gasteiger partial charge in [-0.05, 0) is 25.0 Å². The maximum atomic E-state index is 11.7. The van der Waals surface area contributed by atoms with Gasteiger partial charge >= 0.3 is 12.1 Å². The minimum atomic E-state index is -0.702. The van der Waals surface area contributed by atoms with Gasteiger partial charge in [0.2, 0.25) is 0 Å². The fourth-order valence-electron chi connectivity index (χ4n) is 1.39. The number of hydrogen-bond donors (Lipinski definition) is 1. The highest BCUT2D eigenvalue weighted by Gasteiger charge is 2.13. The maximum Gasteiger partial charge on any atom is 0.411 e. The van der Waals surface area contributed by atoms with Crippen LogP contribution in [-0.2, 0) is 20.7 Å². The minimum Gasteiger partial charge on any atom is -0.461 e. The number of benzene rings is 1. The van der Waals surface area contributed by atoms with Crippen molar-refractivity contribution in [1.82, 2.24) is 5.32 Å². The van der Waals surface area contributed by atoms with Crippen LogP contribution >= 0.6 is 0 Å². The minimum absolute atomic E-state index is 0.0811. The second-order valence-corrected chi connectivity index (χ2v) is 3.64. The molecule has 1 N–H and O–H groups in total. The van der Waals surface area contributed by atoms with Crippen molar-refractivity contribution in [1.29, 1.82) is 0 Å². The number of esters is 1. The van der Waals surface area contributed by atoms with Crippen LogP contribution in [0.1, 0.15) is 12.5 Å². The van der Waals surface area contributed by atoms with Gasteiger partial charge in [0, 0.05) is 0 Å². The Morgan fingerprint density at radius 2 is 1.95 bits per heavy atom. The number of ether oxygens (including phenoxy) is 2. The summed E-state index contributed by atoms with van der Waals surface area (Å²) in [5.41, 5.74) is 1.11. The van der Waals surface area contributed by atoms with Crippen LogP contribution in [0.4, 0.5) is 4.79 Å². The van der Waals surface area contributed by atoms with Crippen LogP contribution in [-0.4, -0.2) is 25.8 Å². The van der Waals surface area contributed by atoms with Crippen LogP contribution < -0.4 is 5.32 Å². The van der Waals surface area contributed by atoms with E-state index in [0.29, 0.717) is 6.42 Å². The molecule has 0 aromatic heterocycles. The van der Waals surface area contributed by atoms with Gasteiger partial charge in [-0.3, -0.25) is 5.32 Å². The van der Waals surface area contributed by atoms with E-state index in [0.717, 1.165) is 5.56 Å². The summed E-state index contributed by atoms with van der Waals surface area (Å²) in [5.74, 6) is -0.580. The Morgan fingerprint density at radius 3 is 2.53 bits per heavy atom. The van der Waals surface area contributed by atoms with Crippen molar-refractivity contribution < 1.29 is 19.1 Å². The standard InChI is InChI=1S/C14H17NO4/c1-3-19-13(16)12(15-14(17)18-2)10-9-11-7-5-4-6-8-11/h4-8,10H,3,9H2,1-2H3,(H,15,17)/b12-10-. The van der Waals surface area contributed by atoms with Crippen LogP contribution in [0.25, 0.3) is 0 Å². The predicted molar refractivity (Wildman–Crippen MR) is 70.4 cm³/mol. The van der Waals surface area contributed by atoms with Gasteiger partial charge in [0.25, 0.3) is 0 Å². The van der Waals surface area contributed by atoms with Gasteiger partial charge in [-0.1, -0.05) is 30.3 Å². The highest BCUT2D eigenvalue weighted by Crippen LogP contribution is 2.03. The largest absolute Gasteiger partial charge is 0.461 e. The van der Waals surface area contributed by atoms with Crippen molar-refractivity contribution in [2.75, 3.05) is 13.7 Å². The number of alkyl carbamates (subject to hydrolysis) is 1. The Hall–Kier alpha value is -2.30. The van der Waals surface area contributed by atoms with Crippen LogP contribution in [0.2, 0.25) is 0 Å². The summed E-state index contributed by atoms with van der Waals surface area (Å²) >= 11 is 0. The number of methoxy groups -OCH3 is 1. The molecular weight excluding hydrogens is 246 g/mol. The fourth-order valence-corrected chi connectivity index (χ4v) is 1.39. The Bertz CT molecular complexity index is 454. The molecule has 0 aliphatic carbocycles. The summed E-state index contributed by atoms with van der Waals surface area (Å²) in [5, 5.41) is 2.35. The van der Waals surface area contributed by atoms with Crippen LogP contribution in [0, 0.1) is 0 Å². The SMILES string of the molecule is CCOC(=O)/C(=C/Cc1ccccc1)NC(=O)OC. The predicted octanol–water partition coefficient (Wildman–Crippen LogP) is 2.03. The third-order valence-electron chi connectivity index (χ3n) is 2.30. The molecule has 0 unspecified atom stereocenters. The van der Waals surface area contributed by atoms with E-state index in [1.165, 1.54) is 7.11 Å². The van der Waals surface area contributed by atoms with Gasteiger partial charge in [-0.25, -0.2) is 9.59 Å². The van der Waals surface area contributed by atoms with Crippen molar-refractivity contribution in [3.05, 3.63) is 47.7 Å². The lowest BCUT2D eigenvalue weighted by atomic mass is 10.1. The molecule has 0 fully saturated rings. The summed E-state index contributed by atoms with van der Waals surface area (Å²) in [7, 11) is 1.23. The molecule has 0 atom stereocenters. The number of hydrogen-bond acceptors (Lipinski definition) is 4. The summed E-state index contributed by atoms with van der Waals surface area (Å²) in [4.78, 5) is 22.8. The molecule has 1 aromatic rings. The van der Waals surface area contributed by atoms with E-state index in [-0.39, 0.29) is 12.3 Å². The Kier molecular flexibility index (Phi) is 6.15. The number of carbonyl (C=O) groups excluding carboxylic acids is 2. The van der Waals surface area contributed by atoms with E-state index in [4.69, 9.17) is 4.74 Å². The number of allylic oxidation sites excluding steroid dienone is 1. The molecular formula is C14H17NO4. The maximum absolute atomic E-state index is 11.7. The van der Waals surface area contributed by atoms with E-state index in [1.807, 2.05) is 30.3 Å². The number of nitrogens with one attached hydrogen (secondary N) is 1. The average Bonchev–Trinajstić information content (AvgIpc) is 2.44. The molecule has 0 spiro atoms. The monoisotopic (exact) mass is 263 g/mol. The lowest BCUT2D eigenvalue weighted by Crippen LogP contribution is -2.28. The molecule has 19 heavy (non-hydrogen) atoms. The van der Waals surface area contributed by atoms with E-state index in [2.05, 4.69) is 10.1 Å². The first-order chi connectivity index (χ1) is 9.17. The molecule has 0 heterocycles. The quantitative estimate of drug-likeness (QED) is 0.652. The Labute approximate surface area is 112 Å². The first-order valence-corrected chi connectivity index (χ1v) is 5.93. The Morgan fingerprint density at radius 1 is 1.26 bits per heavy atom. The van der Waals surface area contributed by atoms with E-state index in [9.17, 15) is 9.59 Å². The zero-order chi connectivity index (χ0) is 14.1. The second-order valence-electron chi connectivity index (χ2n) is 3.64. The van der Waals surface area contributed by atoms with Gasteiger partial charge in [0.05, 0.1) is 13.7 Å². The Balaban J connectivity index is 2.77. The smallest absolute Gasteiger partial charge is 0.411 e. The topological polar surface area (TPSA) is 64.6 Å². The lowest BCUT2D eigenvalue weighted by molar-refractivity contribution is -0.138. The number of amides is 1. The molecule has 0 bridgehead atoms. The third kappa shape index (κ3) is 5.25. The zero-order valence-corrected chi connectivity index (χ0v) is 11.0. The highest BCUT2D eigenvalue weighted by molar-refractivity contribution is 5.92. The molecule has 0 radical (unpaired) electrons. The molecule has 102 valence electrons. The van der Waals surface area contributed by atoms with Crippen molar-refractivity contribution in [3.63, 3.8) is 0 Å². The van der Waals surface area contributed by atoms with E-state index < -0.39 is 12.1 Å². The molecule has 0 saturated carbocycles. The van der Waals surface area contributed by atoms with Gasteiger partial charge in [-0.15, -0.1) is 0 Å². The molecule has 1 aromatic carbocycles. The molecule has 0 aliphatic heterocycles. The van der Waals surface area contributed by atoms with Gasteiger partial charge < -0.3 is 9.47 Å². The average molecular weight is 263 g/mol. The van der Waals surface area contributed by atoms with Gasteiger partial charge in [0.1, 0.15) is 5.70 Å². The molecule has 0 saturated heterocycles. The second kappa shape index (κ2) is 7.92. The van der Waals surface area contributed by atoms with Gasteiger partial charge in [-0.2, -0.15) is 0 Å². The third-order valence-corrected chi connectivity index (χ3v) is 2.30. The summed E-state index contributed by atoms with van der Waals surface area (Å²) in [6.07, 6.45) is 1.41. The highest BCUT2D eigenvalue weighted by atomic mass is 16.5. The first kappa shape index (κ1) is 14.8. The van der Waals surface area contributed by atoms with Crippen LogP contribution in [0.5, 0.6) is 0 Å². The summed E-state index contributed by atoms with van der Waals surface area (Å²) in [6, 6.07) is 9.57. The number of carbonyl (C=O) groups is 2. The molecule has 1 amide bonds. The molecule has 1 rings (SSSR count). The lowest BCUT2D eigenvalue weighted by Gasteiger charge is -2.08. The van der Waals surface area contributed by atoms with Crippen molar-refractivity contribution >= 4 is 12.1 Å². The van der Waals surface area contributed by atoms with Gasteiger partial charge in [0.15, 0.2) is 0 Å². The normalized spacial score (nSPS) is 10.7. The molecule has 5 heteroatoms. The summed E-state index contributed by atoms with van der Waals surface area (Å²) in [6.45, 7) is 1.94. The zero-order valence-electron chi connectivity index (χ0n) is 11.0. The van der Waals surface area contributed by atoms with Crippen molar-refractivity contribution in [2.24, 2.45) is 0 Å².